The van der Waals surface area contributed by atoms with Gasteiger partial charge in [0.25, 0.3) is 0 Å². The smallest absolute Gasteiger partial charge is 0.244 e. The largest absolute Gasteiger partial charge is 0.350 e. The van der Waals surface area contributed by atoms with Gasteiger partial charge >= 0.3 is 0 Å². The zero-order chi connectivity index (χ0) is 13.2. The number of hydrogen-bond acceptors (Lipinski definition) is 2. The van der Waals surface area contributed by atoms with Gasteiger partial charge in [-0.05, 0) is 36.8 Å². The maximum atomic E-state index is 11.8. The van der Waals surface area contributed by atoms with Gasteiger partial charge < -0.3 is 5.32 Å². The summed E-state index contributed by atoms with van der Waals surface area (Å²) in [6, 6.07) is 2.20. The van der Waals surface area contributed by atoms with Crippen LogP contribution in [-0.2, 0) is 11.8 Å². The SMILES string of the molecule is Cn1nccc1/C=C/C(=O)NC1CCC(C)(C)C1. The first-order valence-electron chi connectivity index (χ1n) is 6.43. The van der Waals surface area contributed by atoms with Crippen LogP contribution in [0.15, 0.2) is 18.3 Å². The minimum absolute atomic E-state index is 0.0149. The Bertz CT molecular complexity index is 459. The van der Waals surface area contributed by atoms with Crippen LogP contribution < -0.4 is 5.32 Å². The molecule has 0 aliphatic heterocycles. The maximum Gasteiger partial charge on any atom is 0.244 e. The highest BCUT2D eigenvalue weighted by molar-refractivity contribution is 5.91. The van der Waals surface area contributed by atoms with Gasteiger partial charge in [-0.25, -0.2) is 0 Å². The van der Waals surface area contributed by atoms with Gasteiger partial charge in [-0.15, -0.1) is 0 Å². The number of nitrogens with one attached hydrogen (secondary N) is 1. The van der Waals surface area contributed by atoms with E-state index in [2.05, 4.69) is 24.3 Å². The molecule has 0 bridgehead atoms. The van der Waals surface area contributed by atoms with Gasteiger partial charge in [-0.3, -0.25) is 9.48 Å². The van der Waals surface area contributed by atoms with Crippen molar-refractivity contribution in [3.63, 3.8) is 0 Å². The van der Waals surface area contributed by atoms with Crippen molar-refractivity contribution in [1.29, 1.82) is 0 Å². The summed E-state index contributed by atoms with van der Waals surface area (Å²) in [5, 5.41) is 7.11. The number of carbonyl (C=O) groups excluding carboxylic acids is 1. The molecule has 98 valence electrons. The number of nitrogens with zero attached hydrogens (tertiary/aromatic N) is 2. The summed E-state index contributed by atoms with van der Waals surface area (Å²) in [7, 11) is 1.86. The number of aromatic nitrogens is 2. The van der Waals surface area contributed by atoms with Crippen molar-refractivity contribution in [1.82, 2.24) is 15.1 Å². The molecule has 1 aromatic heterocycles. The molecule has 0 aromatic carbocycles. The van der Waals surface area contributed by atoms with Gasteiger partial charge in [-0.2, -0.15) is 5.10 Å². The molecule has 1 heterocycles. The standard InChI is InChI=1S/C14H21N3O/c1-14(2)8-6-11(10-14)16-13(18)5-4-12-7-9-15-17(12)3/h4-5,7,9,11H,6,8,10H2,1-3H3,(H,16,18)/b5-4+. The van der Waals surface area contributed by atoms with E-state index in [1.807, 2.05) is 13.1 Å². The first-order chi connectivity index (χ1) is 8.46. The molecule has 1 atom stereocenters. The lowest BCUT2D eigenvalue weighted by Crippen LogP contribution is -2.32. The predicted octanol–water partition coefficient (Wildman–Crippen LogP) is 2.13. The zero-order valence-electron chi connectivity index (χ0n) is 11.3. The molecule has 4 heteroatoms. The second-order valence-corrected chi connectivity index (χ2v) is 5.83. The third kappa shape index (κ3) is 3.22. The molecule has 1 aliphatic rings. The summed E-state index contributed by atoms with van der Waals surface area (Å²) in [5.41, 5.74) is 1.29. The van der Waals surface area contributed by atoms with Crippen molar-refractivity contribution in [2.75, 3.05) is 0 Å². The second kappa shape index (κ2) is 4.96. The molecule has 1 fully saturated rings. The molecule has 1 amide bonds. The second-order valence-electron chi connectivity index (χ2n) is 5.83. The molecule has 1 saturated carbocycles. The van der Waals surface area contributed by atoms with Crippen LogP contribution in [0.3, 0.4) is 0 Å². The van der Waals surface area contributed by atoms with E-state index in [4.69, 9.17) is 0 Å². The summed E-state index contributed by atoms with van der Waals surface area (Å²) in [5.74, 6) is -0.0149. The van der Waals surface area contributed by atoms with Crippen molar-refractivity contribution in [3.05, 3.63) is 24.0 Å². The minimum atomic E-state index is -0.0149. The zero-order valence-corrected chi connectivity index (χ0v) is 11.3. The highest BCUT2D eigenvalue weighted by Gasteiger charge is 2.31. The van der Waals surface area contributed by atoms with Gasteiger partial charge in [0.05, 0.1) is 5.69 Å². The molecule has 0 saturated heterocycles. The molecule has 0 spiro atoms. The summed E-state index contributed by atoms with van der Waals surface area (Å²) in [4.78, 5) is 11.8. The average molecular weight is 247 g/mol. The lowest BCUT2D eigenvalue weighted by Gasteiger charge is -2.17. The van der Waals surface area contributed by atoms with Crippen LogP contribution in [0.4, 0.5) is 0 Å². The minimum Gasteiger partial charge on any atom is -0.350 e. The van der Waals surface area contributed by atoms with Crippen LogP contribution in [0.25, 0.3) is 6.08 Å². The summed E-state index contributed by atoms with van der Waals surface area (Å²) < 4.78 is 1.74. The van der Waals surface area contributed by atoms with Crippen molar-refractivity contribution in [2.24, 2.45) is 12.5 Å². The number of hydrogen-bond donors (Lipinski definition) is 1. The summed E-state index contributed by atoms with van der Waals surface area (Å²) in [6.45, 7) is 4.51. The lowest BCUT2D eigenvalue weighted by molar-refractivity contribution is -0.117. The maximum absolute atomic E-state index is 11.8. The van der Waals surface area contributed by atoms with Gasteiger partial charge in [0.1, 0.15) is 0 Å². The van der Waals surface area contributed by atoms with Crippen LogP contribution in [0.2, 0.25) is 0 Å². The lowest BCUT2D eigenvalue weighted by atomic mass is 9.92. The fourth-order valence-electron chi connectivity index (χ4n) is 2.52. The van der Waals surface area contributed by atoms with Crippen LogP contribution in [0.5, 0.6) is 0 Å². The van der Waals surface area contributed by atoms with Crippen LogP contribution in [0.1, 0.15) is 38.8 Å². The Morgan fingerprint density at radius 1 is 1.61 bits per heavy atom. The van der Waals surface area contributed by atoms with E-state index in [1.54, 1.807) is 23.0 Å². The first kappa shape index (κ1) is 12.9. The van der Waals surface area contributed by atoms with Crippen LogP contribution in [0, 0.1) is 5.41 Å². The highest BCUT2D eigenvalue weighted by Crippen LogP contribution is 2.36. The van der Waals surface area contributed by atoms with E-state index in [9.17, 15) is 4.79 Å². The molecule has 0 radical (unpaired) electrons. The van der Waals surface area contributed by atoms with Gasteiger partial charge in [0.15, 0.2) is 0 Å². The van der Waals surface area contributed by atoms with Gasteiger partial charge in [0.2, 0.25) is 5.91 Å². The first-order valence-corrected chi connectivity index (χ1v) is 6.43. The Morgan fingerprint density at radius 2 is 2.39 bits per heavy atom. The Morgan fingerprint density at radius 3 is 2.94 bits per heavy atom. The van der Waals surface area contributed by atoms with E-state index in [1.165, 1.54) is 6.42 Å². The van der Waals surface area contributed by atoms with Gasteiger partial charge in [0, 0.05) is 25.4 Å². The number of aryl methyl sites for hydroxylation is 1. The van der Waals surface area contributed by atoms with E-state index >= 15 is 0 Å². The van der Waals surface area contributed by atoms with E-state index < -0.39 is 0 Å². The number of carbonyl (C=O) groups is 1. The molecule has 4 nitrogen and oxygen atoms in total. The fourth-order valence-corrected chi connectivity index (χ4v) is 2.52. The molecule has 1 unspecified atom stereocenters. The number of amides is 1. The van der Waals surface area contributed by atoms with Crippen molar-refractivity contribution in [3.8, 4) is 0 Å². The van der Waals surface area contributed by atoms with E-state index in [0.29, 0.717) is 11.5 Å². The van der Waals surface area contributed by atoms with Crippen molar-refractivity contribution >= 4 is 12.0 Å². The van der Waals surface area contributed by atoms with E-state index in [0.717, 1.165) is 18.5 Å². The summed E-state index contributed by atoms with van der Waals surface area (Å²) in [6.07, 6.45) is 8.43. The quantitative estimate of drug-likeness (QED) is 0.832. The predicted molar refractivity (Wildman–Crippen MR) is 71.8 cm³/mol. The number of rotatable bonds is 3. The summed E-state index contributed by atoms with van der Waals surface area (Å²) >= 11 is 0. The highest BCUT2D eigenvalue weighted by atomic mass is 16.1. The topological polar surface area (TPSA) is 46.9 Å². The van der Waals surface area contributed by atoms with Gasteiger partial charge in [-0.1, -0.05) is 13.8 Å². The Labute approximate surface area is 108 Å². The molecular formula is C14H21N3O. The molecular weight excluding hydrogens is 226 g/mol. The normalized spacial score (nSPS) is 22.5. The van der Waals surface area contributed by atoms with Crippen LogP contribution >= 0.6 is 0 Å². The molecule has 1 aromatic rings. The molecule has 2 rings (SSSR count). The third-order valence-corrected chi connectivity index (χ3v) is 3.58. The van der Waals surface area contributed by atoms with E-state index in [-0.39, 0.29) is 5.91 Å². The molecule has 1 N–H and O–H groups in total. The van der Waals surface area contributed by atoms with Crippen molar-refractivity contribution in [2.45, 2.75) is 39.2 Å². The molecule has 18 heavy (non-hydrogen) atoms. The van der Waals surface area contributed by atoms with Crippen molar-refractivity contribution < 1.29 is 4.79 Å². The molecule has 1 aliphatic carbocycles. The van der Waals surface area contributed by atoms with Crippen LogP contribution in [-0.4, -0.2) is 21.7 Å². The average Bonchev–Trinajstić information content (AvgIpc) is 2.82. The fraction of sp³-hybridized carbons (Fsp3) is 0.571. The Balaban J connectivity index is 1.86. The monoisotopic (exact) mass is 247 g/mol. The Kier molecular flexibility index (Phi) is 3.55. The Hall–Kier alpha value is -1.58. The third-order valence-electron chi connectivity index (χ3n) is 3.58.